The van der Waals surface area contributed by atoms with Gasteiger partial charge >= 0.3 is 13.5 Å². The summed E-state index contributed by atoms with van der Waals surface area (Å²) in [5.74, 6) is 0. The minimum absolute atomic E-state index is 0.0954. The van der Waals surface area contributed by atoms with Crippen molar-refractivity contribution in [1.82, 2.24) is 9.55 Å². The second kappa shape index (κ2) is 5.60. The Kier molecular flexibility index (Phi) is 4.23. The molecule has 0 aliphatic carbocycles. The first-order valence-electron chi connectivity index (χ1n) is 5.59. The number of phosphoric acid groups is 1. The van der Waals surface area contributed by atoms with Gasteiger partial charge in [-0.05, 0) is 0 Å². The average molecular weight is 308 g/mol. The second-order valence-corrected chi connectivity index (χ2v) is 5.39. The summed E-state index contributed by atoms with van der Waals surface area (Å²) in [5.41, 5.74) is -1.36. The fraction of sp³-hybridized carbons (Fsp3) is 0.556. The van der Waals surface area contributed by atoms with Crippen LogP contribution in [0.1, 0.15) is 6.04 Å². The van der Waals surface area contributed by atoms with Gasteiger partial charge in [-0.3, -0.25) is 18.9 Å². The van der Waals surface area contributed by atoms with Gasteiger partial charge in [-0.2, -0.15) is 0 Å². The smallest absolute Gasteiger partial charge is 0.394 e. The SMILES string of the molecule is O=c1ccn([C@H]2CO[C@@H](CO)[C@@H]2OP(=O)(O)O)c(=O)[nH]1. The van der Waals surface area contributed by atoms with Crippen LogP contribution in [0.4, 0.5) is 0 Å². The molecule has 112 valence electrons. The van der Waals surface area contributed by atoms with Crippen molar-refractivity contribution in [2.45, 2.75) is 18.2 Å². The van der Waals surface area contributed by atoms with Gasteiger partial charge in [0.05, 0.1) is 19.3 Å². The van der Waals surface area contributed by atoms with Gasteiger partial charge in [-0.1, -0.05) is 0 Å². The molecule has 0 unspecified atom stereocenters. The van der Waals surface area contributed by atoms with E-state index in [2.05, 4.69) is 4.52 Å². The zero-order valence-electron chi connectivity index (χ0n) is 10.1. The highest BCUT2D eigenvalue weighted by atomic mass is 31.2. The van der Waals surface area contributed by atoms with Crippen LogP contribution in [0, 0.1) is 0 Å². The first kappa shape index (κ1) is 15.1. The Morgan fingerprint density at radius 1 is 1.50 bits per heavy atom. The Bertz CT molecular complexity index is 633. The molecule has 1 aromatic heterocycles. The van der Waals surface area contributed by atoms with Gasteiger partial charge in [-0.25, -0.2) is 9.36 Å². The number of aromatic nitrogens is 2. The third kappa shape index (κ3) is 3.23. The van der Waals surface area contributed by atoms with Crippen LogP contribution in [0.15, 0.2) is 21.9 Å². The number of rotatable bonds is 4. The van der Waals surface area contributed by atoms with E-state index in [1.54, 1.807) is 0 Å². The first-order valence-corrected chi connectivity index (χ1v) is 7.13. The summed E-state index contributed by atoms with van der Waals surface area (Å²) in [6.07, 6.45) is -1.03. The minimum atomic E-state index is -4.83. The number of hydrogen-bond donors (Lipinski definition) is 4. The number of hydrogen-bond acceptors (Lipinski definition) is 6. The second-order valence-electron chi connectivity index (χ2n) is 4.20. The number of H-pyrrole nitrogens is 1. The maximum atomic E-state index is 11.7. The van der Waals surface area contributed by atoms with Gasteiger partial charge in [0.25, 0.3) is 5.56 Å². The lowest BCUT2D eigenvalue weighted by Gasteiger charge is -2.23. The van der Waals surface area contributed by atoms with Crippen molar-refractivity contribution in [3.05, 3.63) is 33.1 Å². The molecule has 0 amide bonds. The molecular weight excluding hydrogens is 295 g/mol. The van der Waals surface area contributed by atoms with E-state index in [0.717, 1.165) is 10.6 Å². The van der Waals surface area contributed by atoms with Crippen molar-refractivity contribution in [2.75, 3.05) is 13.2 Å². The normalized spacial score (nSPS) is 26.9. The van der Waals surface area contributed by atoms with Gasteiger partial charge in [0.1, 0.15) is 12.2 Å². The predicted molar refractivity (Wildman–Crippen MR) is 64.1 cm³/mol. The summed E-state index contributed by atoms with van der Waals surface area (Å²) < 4.78 is 21.7. The van der Waals surface area contributed by atoms with Crippen molar-refractivity contribution in [3.63, 3.8) is 0 Å². The van der Waals surface area contributed by atoms with E-state index >= 15 is 0 Å². The molecule has 3 atom stereocenters. The highest BCUT2D eigenvalue weighted by Gasteiger charge is 2.43. The molecule has 11 heteroatoms. The minimum Gasteiger partial charge on any atom is -0.394 e. The van der Waals surface area contributed by atoms with E-state index in [1.165, 1.54) is 6.20 Å². The Balaban J connectivity index is 2.36. The van der Waals surface area contributed by atoms with Crippen LogP contribution < -0.4 is 11.2 Å². The van der Waals surface area contributed by atoms with Gasteiger partial charge < -0.3 is 19.6 Å². The van der Waals surface area contributed by atoms with E-state index in [4.69, 9.17) is 19.6 Å². The molecule has 20 heavy (non-hydrogen) atoms. The highest BCUT2D eigenvalue weighted by molar-refractivity contribution is 7.46. The fourth-order valence-electron chi connectivity index (χ4n) is 2.04. The van der Waals surface area contributed by atoms with E-state index < -0.39 is 43.9 Å². The number of nitrogens with zero attached hydrogens (tertiary/aromatic N) is 1. The number of nitrogens with one attached hydrogen (secondary N) is 1. The highest BCUT2D eigenvalue weighted by Crippen LogP contribution is 2.43. The molecule has 0 saturated carbocycles. The maximum absolute atomic E-state index is 11.7. The van der Waals surface area contributed by atoms with E-state index in [1.807, 2.05) is 4.98 Å². The topological polar surface area (TPSA) is 151 Å². The number of aromatic amines is 1. The molecule has 0 aromatic carbocycles. The Morgan fingerprint density at radius 2 is 2.20 bits per heavy atom. The van der Waals surface area contributed by atoms with Crippen LogP contribution in [-0.4, -0.2) is 49.9 Å². The zero-order valence-corrected chi connectivity index (χ0v) is 11.0. The summed E-state index contributed by atoms with van der Waals surface area (Å²) in [6, 6.07) is 0.214. The van der Waals surface area contributed by atoms with Gasteiger partial charge in [0, 0.05) is 12.3 Å². The molecule has 1 aliphatic rings. The molecule has 2 rings (SSSR count). The van der Waals surface area contributed by atoms with E-state index in [-0.39, 0.29) is 6.61 Å². The standard InChI is InChI=1S/C9H13N2O8P/c12-3-6-8(19-20(15,16)17)5(4-18-6)11-2-1-7(13)10-9(11)14/h1-2,5-6,8,12H,3-4H2,(H,10,13,14)(H2,15,16,17)/t5-,6-,8+/m0/s1. The molecule has 0 spiro atoms. The van der Waals surface area contributed by atoms with Crippen LogP contribution in [0.3, 0.4) is 0 Å². The summed E-state index contributed by atoms with van der Waals surface area (Å²) in [6.45, 7) is -0.624. The van der Waals surface area contributed by atoms with E-state index in [0.29, 0.717) is 0 Å². The van der Waals surface area contributed by atoms with Crippen LogP contribution >= 0.6 is 7.82 Å². The molecular formula is C9H13N2O8P. The summed E-state index contributed by atoms with van der Waals surface area (Å²) in [4.78, 5) is 42.4. The van der Waals surface area contributed by atoms with Gasteiger partial charge in [-0.15, -0.1) is 0 Å². The van der Waals surface area contributed by atoms with E-state index in [9.17, 15) is 14.2 Å². The largest absolute Gasteiger partial charge is 0.470 e. The number of ether oxygens (including phenoxy) is 1. The molecule has 0 radical (unpaired) electrons. The Hall–Kier alpha value is -1.29. The Morgan fingerprint density at radius 3 is 2.75 bits per heavy atom. The predicted octanol–water partition coefficient (Wildman–Crippen LogP) is -2.05. The van der Waals surface area contributed by atoms with Crippen molar-refractivity contribution in [3.8, 4) is 0 Å². The Labute approximate surface area is 111 Å². The summed E-state index contributed by atoms with van der Waals surface area (Å²) >= 11 is 0. The lowest BCUT2D eigenvalue weighted by Crippen LogP contribution is -2.39. The summed E-state index contributed by atoms with van der Waals surface area (Å²) in [5, 5.41) is 9.11. The summed E-state index contributed by atoms with van der Waals surface area (Å²) in [7, 11) is -4.83. The maximum Gasteiger partial charge on any atom is 0.470 e. The lowest BCUT2D eigenvalue weighted by atomic mass is 10.1. The molecule has 0 bridgehead atoms. The molecule has 2 heterocycles. The third-order valence-corrected chi connectivity index (χ3v) is 3.39. The molecule has 1 aromatic rings. The van der Waals surface area contributed by atoms with Gasteiger partial charge in [0.2, 0.25) is 0 Å². The van der Waals surface area contributed by atoms with Crippen LogP contribution in [0.5, 0.6) is 0 Å². The van der Waals surface area contributed by atoms with Crippen molar-refractivity contribution >= 4 is 7.82 Å². The van der Waals surface area contributed by atoms with Crippen molar-refractivity contribution in [1.29, 1.82) is 0 Å². The number of phosphoric ester groups is 1. The van der Waals surface area contributed by atoms with Crippen LogP contribution in [0.25, 0.3) is 0 Å². The van der Waals surface area contributed by atoms with Crippen LogP contribution in [0.2, 0.25) is 0 Å². The molecule has 1 fully saturated rings. The van der Waals surface area contributed by atoms with Crippen molar-refractivity contribution < 1.29 is 28.7 Å². The lowest BCUT2D eigenvalue weighted by molar-refractivity contribution is 0.00135. The third-order valence-electron chi connectivity index (χ3n) is 2.87. The molecule has 10 nitrogen and oxygen atoms in total. The molecule has 1 saturated heterocycles. The van der Waals surface area contributed by atoms with Crippen LogP contribution in [-0.2, 0) is 13.8 Å². The molecule has 1 aliphatic heterocycles. The van der Waals surface area contributed by atoms with Gasteiger partial charge in [0.15, 0.2) is 0 Å². The quantitative estimate of drug-likeness (QED) is 0.464. The number of aliphatic hydroxyl groups is 1. The number of aliphatic hydroxyl groups excluding tert-OH is 1. The zero-order chi connectivity index (χ0) is 14.9. The molecule has 4 N–H and O–H groups in total. The average Bonchev–Trinajstić information content (AvgIpc) is 2.70. The fourth-order valence-corrected chi connectivity index (χ4v) is 2.63. The monoisotopic (exact) mass is 308 g/mol. The van der Waals surface area contributed by atoms with Crippen molar-refractivity contribution in [2.24, 2.45) is 0 Å². The first-order chi connectivity index (χ1) is 9.31.